The molecule has 3 N–H and O–H groups in total. The van der Waals surface area contributed by atoms with Crippen molar-refractivity contribution in [1.82, 2.24) is 19.6 Å². The highest BCUT2D eigenvalue weighted by Crippen LogP contribution is 2.49. The summed E-state index contributed by atoms with van der Waals surface area (Å²) in [5, 5.41) is 15.7. The van der Waals surface area contributed by atoms with Gasteiger partial charge in [0, 0.05) is 75.5 Å². The first-order valence-corrected chi connectivity index (χ1v) is 24.2. The highest BCUT2D eigenvalue weighted by atomic mass is 32.2. The minimum absolute atomic E-state index is 0.00310. The van der Waals surface area contributed by atoms with Gasteiger partial charge in [-0.15, -0.1) is 0 Å². The van der Waals surface area contributed by atoms with E-state index in [-0.39, 0.29) is 57.9 Å². The van der Waals surface area contributed by atoms with Crippen LogP contribution in [0.25, 0.3) is 11.0 Å². The molecule has 0 radical (unpaired) electrons. The number of fused-ring (bicyclic) bond motifs is 2. The molecule has 1 amide bonds. The summed E-state index contributed by atoms with van der Waals surface area (Å²) in [6.45, 7) is 9.61. The summed E-state index contributed by atoms with van der Waals surface area (Å²) >= 11 is 0. The third-order valence-electron chi connectivity index (χ3n) is 14.5. The van der Waals surface area contributed by atoms with Crippen LogP contribution >= 0.6 is 0 Å². The number of carbonyl (C=O) groups is 1. The lowest BCUT2D eigenvalue weighted by Crippen LogP contribution is -2.63. The number of carbonyl (C=O) groups excluding carboxylic acids is 1. The molecule has 342 valence electrons. The van der Waals surface area contributed by atoms with Crippen molar-refractivity contribution in [1.29, 1.82) is 0 Å². The number of nitro groups is 1. The normalized spacial score (nSPS) is 22.3. The summed E-state index contributed by atoms with van der Waals surface area (Å²) in [6, 6.07) is 17.8. The van der Waals surface area contributed by atoms with Gasteiger partial charge >= 0.3 is 0 Å². The Labute approximate surface area is 377 Å². The van der Waals surface area contributed by atoms with E-state index in [1.165, 1.54) is 61.0 Å². The summed E-state index contributed by atoms with van der Waals surface area (Å²) in [7, 11) is -4.69. The van der Waals surface area contributed by atoms with Gasteiger partial charge in [-0.1, -0.05) is 44.5 Å². The number of nitrogens with one attached hydrogen (secondary N) is 3. The molecule has 6 heterocycles. The second-order valence-electron chi connectivity index (χ2n) is 18.8. The van der Waals surface area contributed by atoms with Crippen molar-refractivity contribution in [3.8, 4) is 17.2 Å². The number of amides is 1. The molecule has 4 fully saturated rings. The number of nitro benzene ring substituents is 1. The van der Waals surface area contributed by atoms with Crippen LogP contribution in [0.4, 0.5) is 21.5 Å². The van der Waals surface area contributed by atoms with Crippen LogP contribution in [0, 0.1) is 27.3 Å². The number of likely N-dealkylation sites (tertiary alicyclic amines) is 1. The quantitative estimate of drug-likeness (QED) is 0.0851. The van der Waals surface area contributed by atoms with Crippen LogP contribution in [-0.4, -0.2) is 92.2 Å². The van der Waals surface area contributed by atoms with E-state index in [9.17, 15) is 27.7 Å². The number of pyridine rings is 1. The maximum atomic E-state index is 14.6. The molecule has 1 aliphatic carbocycles. The van der Waals surface area contributed by atoms with Crippen LogP contribution in [0.1, 0.15) is 92.1 Å². The van der Waals surface area contributed by atoms with Gasteiger partial charge in [-0.25, -0.2) is 22.5 Å². The zero-order valence-corrected chi connectivity index (χ0v) is 37.4. The van der Waals surface area contributed by atoms with Crippen molar-refractivity contribution in [2.75, 3.05) is 56.2 Å². The monoisotopic (exact) mass is 907 g/mol. The number of aromatic amines is 1. The molecule has 2 aromatic heterocycles. The standard InChI is InChI=1S/C48H54FN7O8S/c1-29(2)34-6-3-4-7-35(34)36-8-5-9-41(36)55-27-48(28-55)14-16-54(17-15-48)31-10-11-37(43(20-31)64-32-21-38-39(49)25-51-46(38)50-24-32)47(57)53-65(60,61)33-22-42(56(58)59)45-44(23-33)63-26-40(52-45)30-12-18-62-19-13-30/h3-4,6-7,10-11,20-25,29-30,36,40-41,52H,5,8-9,12-19,26-28H2,1-2H3,(H,50,51)(H,53,57)/t36-,40-,41-/m1/s1. The number of hydrogen-bond acceptors (Lipinski definition) is 12. The third-order valence-corrected chi connectivity index (χ3v) is 15.8. The van der Waals surface area contributed by atoms with E-state index in [1.807, 2.05) is 0 Å². The molecule has 10 rings (SSSR count). The van der Waals surface area contributed by atoms with Crippen LogP contribution in [0.3, 0.4) is 0 Å². The Morgan fingerprint density at radius 1 is 1.05 bits per heavy atom. The second-order valence-corrected chi connectivity index (χ2v) is 20.5. The summed E-state index contributed by atoms with van der Waals surface area (Å²) in [5.41, 5.74) is 3.77. The van der Waals surface area contributed by atoms with E-state index in [1.54, 1.807) is 12.1 Å². The summed E-state index contributed by atoms with van der Waals surface area (Å²) in [4.78, 5) is 37.2. The SMILES string of the molecule is CC(C)c1ccccc1[C@H]1CCC[C@H]1N1CC2(CCN(c3ccc(C(=O)NS(=O)(=O)c4cc5c(c([N+](=O)[O-])c4)N[C@@H](C4CCOCC4)CO5)c(Oc4cnc5[nH]cc(F)c5c4)c3)CC2)C1. The molecule has 17 heteroatoms. The molecular formula is C48H54FN7O8S. The molecule has 3 saturated heterocycles. The smallest absolute Gasteiger partial charge is 0.297 e. The van der Waals surface area contributed by atoms with Gasteiger partial charge in [-0.3, -0.25) is 19.8 Å². The molecule has 3 atom stereocenters. The predicted molar refractivity (Wildman–Crippen MR) is 243 cm³/mol. The van der Waals surface area contributed by atoms with Crippen molar-refractivity contribution in [3.63, 3.8) is 0 Å². The molecule has 15 nitrogen and oxygen atoms in total. The van der Waals surface area contributed by atoms with Gasteiger partial charge < -0.3 is 29.4 Å². The first-order valence-electron chi connectivity index (χ1n) is 22.7. The van der Waals surface area contributed by atoms with E-state index in [2.05, 4.69) is 67.9 Å². The lowest BCUT2D eigenvalue weighted by molar-refractivity contribution is -0.384. The van der Waals surface area contributed by atoms with Crippen LogP contribution in [0.2, 0.25) is 0 Å². The summed E-state index contributed by atoms with van der Waals surface area (Å²) in [5.74, 6) is -0.202. The Bertz CT molecular complexity index is 2740. The lowest BCUT2D eigenvalue weighted by atomic mass is 9.70. The van der Waals surface area contributed by atoms with Gasteiger partial charge in [-0.2, -0.15) is 0 Å². The first kappa shape index (κ1) is 43.1. The fraction of sp³-hybridized carbons (Fsp3) is 0.458. The number of piperidine rings is 1. The number of halogens is 1. The molecule has 5 aliphatic rings. The largest absolute Gasteiger partial charge is 0.489 e. The number of benzene rings is 3. The van der Waals surface area contributed by atoms with Crippen molar-refractivity contribution in [3.05, 3.63) is 106 Å². The number of hydrogen-bond donors (Lipinski definition) is 3. The van der Waals surface area contributed by atoms with Crippen molar-refractivity contribution in [2.24, 2.45) is 11.3 Å². The molecule has 4 aliphatic heterocycles. The van der Waals surface area contributed by atoms with Gasteiger partial charge in [0.25, 0.3) is 21.6 Å². The molecule has 3 aromatic carbocycles. The Balaban J connectivity index is 0.869. The molecule has 0 bridgehead atoms. The zero-order chi connectivity index (χ0) is 45.0. The van der Waals surface area contributed by atoms with E-state index in [4.69, 9.17) is 14.2 Å². The topological polar surface area (TPSA) is 181 Å². The Hall–Kier alpha value is -5.78. The number of H-pyrrole nitrogens is 1. The van der Waals surface area contributed by atoms with Gasteiger partial charge in [0.1, 0.15) is 29.6 Å². The Morgan fingerprint density at radius 2 is 1.83 bits per heavy atom. The first-order chi connectivity index (χ1) is 31.3. The fourth-order valence-corrected chi connectivity index (χ4v) is 12.0. The zero-order valence-electron chi connectivity index (χ0n) is 36.6. The molecular weight excluding hydrogens is 854 g/mol. The minimum Gasteiger partial charge on any atom is -0.489 e. The minimum atomic E-state index is -4.69. The Morgan fingerprint density at radius 3 is 2.60 bits per heavy atom. The molecule has 1 saturated carbocycles. The summed E-state index contributed by atoms with van der Waals surface area (Å²) in [6.07, 6.45) is 9.78. The number of aromatic nitrogens is 2. The second kappa shape index (κ2) is 17.2. The molecule has 5 aromatic rings. The Kier molecular flexibility index (Phi) is 11.4. The number of ether oxygens (including phenoxy) is 3. The average molecular weight is 908 g/mol. The van der Waals surface area contributed by atoms with Crippen LogP contribution < -0.4 is 24.4 Å². The lowest BCUT2D eigenvalue weighted by Gasteiger charge is -2.57. The van der Waals surface area contributed by atoms with E-state index < -0.39 is 37.3 Å². The van der Waals surface area contributed by atoms with Crippen molar-refractivity contribution >= 4 is 44.0 Å². The van der Waals surface area contributed by atoms with Crippen molar-refractivity contribution < 1.29 is 36.7 Å². The predicted octanol–water partition coefficient (Wildman–Crippen LogP) is 8.48. The number of nitrogens with zero attached hydrogens (tertiary/aromatic N) is 4. The van der Waals surface area contributed by atoms with Crippen molar-refractivity contribution in [2.45, 2.75) is 87.6 Å². The number of anilines is 2. The van der Waals surface area contributed by atoms with Gasteiger partial charge in [0.2, 0.25) is 0 Å². The maximum absolute atomic E-state index is 14.6. The molecule has 65 heavy (non-hydrogen) atoms. The number of sulfonamides is 1. The van der Waals surface area contributed by atoms with Crippen LogP contribution in [0.5, 0.6) is 17.2 Å². The van der Waals surface area contributed by atoms with Crippen LogP contribution in [-0.2, 0) is 14.8 Å². The van der Waals surface area contributed by atoms with Gasteiger partial charge in [0.15, 0.2) is 11.4 Å². The number of rotatable bonds is 11. The summed E-state index contributed by atoms with van der Waals surface area (Å²) < 4.78 is 62.2. The van der Waals surface area contributed by atoms with Gasteiger partial charge in [-0.05, 0) is 91.0 Å². The van der Waals surface area contributed by atoms with E-state index in [0.29, 0.717) is 36.7 Å². The fourth-order valence-electron chi connectivity index (χ4n) is 11.0. The van der Waals surface area contributed by atoms with E-state index in [0.717, 1.165) is 63.6 Å². The highest BCUT2D eigenvalue weighted by Gasteiger charge is 2.49. The third kappa shape index (κ3) is 8.38. The molecule has 0 unspecified atom stereocenters. The van der Waals surface area contributed by atoms with E-state index >= 15 is 0 Å². The van der Waals surface area contributed by atoms with Crippen LogP contribution in [0.15, 0.2) is 78.0 Å². The highest BCUT2D eigenvalue weighted by molar-refractivity contribution is 7.90. The molecule has 1 spiro atoms. The van der Waals surface area contributed by atoms with Gasteiger partial charge in [0.05, 0.1) is 33.0 Å². The maximum Gasteiger partial charge on any atom is 0.297 e. The average Bonchev–Trinajstić information content (AvgIpc) is 3.94.